The van der Waals surface area contributed by atoms with Crippen LogP contribution in [0.15, 0.2) is 6.08 Å². The normalized spacial score (nSPS) is 8.40. The molecule has 0 aliphatic heterocycles. The van der Waals surface area contributed by atoms with E-state index in [2.05, 4.69) is 5.32 Å². The zero-order valence-electron chi connectivity index (χ0n) is 5.46. The Morgan fingerprint density at radius 2 is 2.40 bits per heavy atom. The molecule has 10 heavy (non-hydrogen) atoms. The molecule has 4 heteroatoms. The molecule has 56 valence electrons. The molecule has 0 heterocycles. The summed E-state index contributed by atoms with van der Waals surface area (Å²) < 4.78 is 0. The number of nitrogens with one attached hydrogen (secondary N) is 1. The lowest BCUT2D eigenvalue weighted by Gasteiger charge is -1.94. The molecule has 0 saturated heterocycles. The van der Waals surface area contributed by atoms with Crippen LogP contribution in [-0.4, -0.2) is 30.1 Å². The number of hydrogen-bond donors (Lipinski definition) is 2. The SMILES string of the molecule is O=C=CCNCCC(=O)O. The van der Waals surface area contributed by atoms with Gasteiger partial charge in [0.25, 0.3) is 0 Å². The van der Waals surface area contributed by atoms with E-state index in [9.17, 15) is 9.59 Å². The van der Waals surface area contributed by atoms with Crippen LogP contribution in [0.5, 0.6) is 0 Å². The van der Waals surface area contributed by atoms with Gasteiger partial charge in [-0.2, -0.15) is 0 Å². The Labute approximate surface area is 58.5 Å². The van der Waals surface area contributed by atoms with E-state index in [4.69, 9.17) is 5.11 Å². The van der Waals surface area contributed by atoms with Crippen LogP contribution in [0, 0.1) is 0 Å². The molecule has 0 spiro atoms. The Morgan fingerprint density at radius 1 is 1.70 bits per heavy atom. The first-order chi connectivity index (χ1) is 4.77. The molecule has 0 atom stereocenters. The molecule has 0 fully saturated rings. The van der Waals surface area contributed by atoms with Crippen LogP contribution in [0.3, 0.4) is 0 Å². The van der Waals surface area contributed by atoms with E-state index in [1.165, 1.54) is 6.08 Å². The molecule has 0 amide bonds. The molecule has 2 N–H and O–H groups in total. The van der Waals surface area contributed by atoms with Gasteiger partial charge in [-0.25, -0.2) is 4.79 Å². The quantitative estimate of drug-likeness (QED) is 0.400. The molecule has 4 nitrogen and oxygen atoms in total. The van der Waals surface area contributed by atoms with Crippen molar-refractivity contribution in [1.29, 1.82) is 0 Å². The van der Waals surface area contributed by atoms with Crippen LogP contribution >= 0.6 is 0 Å². The summed E-state index contributed by atoms with van der Waals surface area (Å²) in [4.78, 5) is 19.5. The van der Waals surface area contributed by atoms with Crippen molar-refractivity contribution in [1.82, 2.24) is 5.32 Å². The van der Waals surface area contributed by atoms with Crippen molar-refractivity contribution in [3.63, 3.8) is 0 Å². The molecular weight excluding hydrogens is 134 g/mol. The minimum Gasteiger partial charge on any atom is -0.481 e. The minimum atomic E-state index is -0.845. The summed E-state index contributed by atoms with van der Waals surface area (Å²) in [6, 6.07) is 0. The molecule has 0 unspecified atom stereocenters. The lowest BCUT2D eigenvalue weighted by atomic mass is 10.4. The molecular formula is C6H9NO3. The smallest absolute Gasteiger partial charge is 0.304 e. The van der Waals surface area contributed by atoms with E-state index in [0.29, 0.717) is 13.1 Å². The lowest BCUT2D eigenvalue weighted by molar-refractivity contribution is -0.136. The van der Waals surface area contributed by atoms with Gasteiger partial charge in [-0.3, -0.25) is 4.79 Å². The molecule has 0 aromatic carbocycles. The fourth-order valence-corrected chi connectivity index (χ4v) is 0.411. The number of hydrogen-bond acceptors (Lipinski definition) is 3. The number of aliphatic carboxylic acids is 1. The zero-order chi connectivity index (χ0) is 7.82. The number of carboxylic acids is 1. The number of carbonyl (C=O) groups is 1. The van der Waals surface area contributed by atoms with Crippen LogP contribution < -0.4 is 5.32 Å². The lowest BCUT2D eigenvalue weighted by Crippen LogP contribution is -2.17. The van der Waals surface area contributed by atoms with E-state index >= 15 is 0 Å². The molecule has 0 bridgehead atoms. The Bertz CT molecular complexity index is 145. The Morgan fingerprint density at radius 3 is 2.90 bits per heavy atom. The van der Waals surface area contributed by atoms with Crippen molar-refractivity contribution in [3.8, 4) is 0 Å². The predicted octanol–water partition coefficient (Wildman–Crippen LogP) is -0.562. The highest BCUT2D eigenvalue weighted by atomic mass is 16.4. The molecule has 0 aromatic rings. The first kappa shape index (κ1) is 8.88. The van der Waals surface area contributed by atoms with Crippen molar-refractivity contribution >= 4 is 11.9 Å². The molecule has 0 saturated carbocycles. The van der Waals surface area contributed by atoms with E-state index in [1.807, 2.05) is 0 Å². The highest BCUT2D eigenvalue weighted by molar-refractivity contribution is 5.66. The third-order valence-corrected chi connectivity index (χ3v) is 0.845. The fraction of sp³-hybridized carbons (Fsp3) is 0.500. The molecule has 0 radical (unpaired) electrons. The maximum absolute atomic E-state index is 9.90. The van der Waals surface area contributed by atoms with Crippen LogP contribution in [0.25, 0.3) is 0 Å². The van der Waals surface area contributed by atoms with Crippen molar-refractivity contribution in [3.05, 3.63) is 6.08 Å². The van der Waals surface area contributed by atoms with Crippen LogP contribution in [-0.2, 0) is 9.59 Å². The summed E-state index contributed by atoms with van der Waals surface area (Å²) in [5, 5.41) is 10.9. The summed E-state index contributed by atoms with van der Waals surface area (Å²) in [5.74, 6) is 0.726. The number of carboxylic acid groups (broad SMARTS) is 1. The van der Waals surface area contributed by atoms with Gasteiger partial charge in [0.15, 0.2) is 0 Å². The first-order valence-electron chi connectivity index (χ1n) is 2.89. The maximum Gasteiger partial charge on any atom is 0.304 e. The molecule has 0 aliphatic carbocycles. The highest BCUT2D eigenvalue weighted by Crippen LogP contribution is 1.73. The summed E-state index contributed by atoms with van der Waals surface area (Å²) in [6.07, 6.45) is 1.34. The summed E-state index contributed by atoms with van der Waals surface area (Å²) in [7, 11) is 0. The van der Waals surface area contributed by atoms with Gasteiger partial charge in [0, 0.05) is 19.2 Å². The second-order valence-corrected chi connectivity index (χ2v) is 1.67. The summed E-state index contributed by atoms with van der Waals surface area (Å²) >= 11 is 0. The third-order valence-electron chi connectivity index (χ3n) is 0.845. The summed E-state index contributed by atoms with van der Waals surface area (Å²) in [6.45, 7) is 0.768. The van der Waals surface area contributed by atoms with E-state index in [0.717, 1.165) is 0 Å². The van der Waals surface area contributed by atoms with Gasteiger partial charge in [-0.05, 0) is 0 Å². The standard InChI is InChI=1S/C6H9NO3/c8-5-1-3-7-4-2-6(9)10/h1,7H,2-4H2,(H,9,10). The Hall–Kier alpha value is -1.12. The largest absolute Gasteiger partial charge is 0.481 e. The molecule has 0 aromatic heterocycles. The average molecular weight is 143 g/mol. The predicted molar refractivity (Wildman–Crippen MR) is 35.4 cm³/mol. The first-order valence-corrected chi connectivity index (χ1v) is 2.89. The maximum atomic E-state index is 9.90. The second-order valence-electron chi connectivity index (χ2n) is 1.67. The van der Waals surface area contributed by atoms with Crippen LogP contribution in [0.2, 0.25) is 0 Å². The zero-order valence-corrected chi connectivity index (χ0v) is 5.46. The topological polar surface area (TPSA) is 66.4 Å². The van der Waals surface area contributed by atoms with Crippen LogP contribution in [0.1, 0.15) is 6.42 Å². The minimum absolute atomic E-state index is 0.0761. The third kappa shape index (κ3) is 6.88. The van der Waals surface area contributed by atoms with Crippen molar-refractivity contribution in [2.75, 3.05) is 13.1 Å². The van der Waals surface area contributed by atoms with Crippen molar-refractivity contribution in [2.45, 2.75) is 6.42 Å². The van der Waals surface area contributed by atoms with Crippen molar-refractivity contribution in [2.24, 2.45) is 0 Å². The van der Waals surface area contributed by atoms with Gasteiger partial charge in [0.05, 0.1) is 6.42 Å². The van der Waals surface area contributed by atoms with Gasteiger partial charge < -0.3 is 10.4 Å². The molecule has 0 aliphatic rings. The van der Waals surface area contributed by atoms with Gasteiger partial charge in [-0.15, -0.1) is 0 Å². The molecule has 0 rings (SSSR count). The Balaban J connectivity index is 3.05. The average Bonchev–Trinajstić information content (AvgIpc) is 1.87. The van der Waals surface area contributed by atoms with Gasteiger partial charge in [-0.1, -0.05) is 0 Å². The fourth-order valence-electron chi connectivity index (χ4n) is 0.411. The Kier molecular flexibility index (Phi) is 5.33. The van der Waals surface area contributed by atoms with Crippen LogP contribution in [0.4, 0.5) is 0 Å². The number of rotatable bonds is 5. The van der Waals surface area contributed by atoms with Gasteiger partial charge in [0.1, 0.15) is 5.94 Å². The van der Waals surface area contributed by atoms with E-state index < -0.39 is 5.97 Å². The highest BCUT2D eigenvalue weighted by Gasteiger charge is 1.92. The number of carbonyl (C=O) groups excluding carboxylic acids is 1. The van der Waals surface area contributed by atoms with Gasteiger partial charge in [0.2, 0.25) is 0 Å². The summed E-state index contributed by atoms with van der Waals surface area (Å²) in [5.41, 5.74) is 0. The second kappa shape index (κ2) is 6.01. The monoisotopic (exact) mass is 143 g/mol. The van der Waals surface area contributed by atoms with E-state index in [-0.39, 0.29) is 6.42 Å². The van der Waals surface area contributed by atoms with Crippen molar-refractivity contribution < 1.29 is 14.7 Å². The van der Waals surface area contributed by atoms with E-state index in [1.54, 1.807) is 5.94 Å². The van der Waals surface area contributed by atoms with Gasteiger partial charge >= 0.3 is 5.97 Å².